The van der Waals surface area contributed by atoms with E-state index in [-0.39, 0.29) is 0 Å². The summed E-state index contributed by atoms with van der Waals surface area (Å²) in [5.41, 5.74) is 0. The third-order valence-electron chi connectivity index (χ3n) is 4.15. The zero-order valence-electron chi connectivity index (χ0n) is 12.5. The predicted octanol–water partition coefficient (Wildman–Crippen LogP) is 1.55. The molecule has 2 aromatic rings. The van der Waals surface area contributed by atoms with Crippen molar-refractivity contribution in [3.63, 3.8) is 0 Å². The first-order valence-corrected chi connectivity index (χ1v) is 7.77. The quantitative estimate of drug-likeness (QED) is 0.873. The van der Waals surface area contributed by atoms with E-state index in [9.17, 15) is 0 Å². The summed E-state index contributed by atoms with van der Waals surface area (Å²) in [5.74, 6) is 1.03. The molecule has 1 atom stereocenters. The first-order chi connectivity index (χ1) is 10.3. The van der Waals surface area contributed by atoms with E-state index in [0.29, 0.717) is 12.1 Å². The van der Waals surface area contributed by atoms with E-state index in [1.54, 1.807) is 12.7 Å². The minimum Gasteiger partial charge on any atom is -0.313 e. The number of hydrogen-bond acceptors (Lipinski definition) is 5. The first-order valence-electron chi connectivity index (χ1n) is 7.77. The second kappa shape index (κ2) is 6.80. The van der Waals surface area contributed by atoms with Crippen LogP contribution in [0.3, 0.4) is 0 Å². The molecule has 1 N–H and O–H groups in total. The summed E-state index contributed by atoms with van der Waals surface area (Å²) in [6.45, 7) is 3.69. The molecule has 3 rings (SSSR count). The second-order valence-electron chi connectivity index (χ2n) is 5.85. The van der Waals surface area contributed by atoms with Crippen LogP contribution in [0.2, 0.25) is 0 Å². The van der Waals surface area contributed by atoms with E-state index in [1.807, 2.05) is 11.0 Å². The van der Waals surface area contributed by atoms with Gasteiger partial charge in [-0.1, -0.05) is 19.3 Å². The highest BCUT2D eigenvalue weighted by atomic mass is 15.3. The van der Waals surface area contributed by atoms with Crippen molar-refractivity contribution >= 4 is 0 Å². The Morgan fingerprint density at radius 3 is 2.90 bits per heavy atom. The maximum Gasteiger partial charge on any atom is 0.147 e. The summed E-state index contributed by atoms with van der Waals surface area (Å²) in [6, 6.07) is 0.888. The van der Waals surface area contributed by atoms with Gasteiger partial charge in [-0.15, -0.1) is 10.2 Å². The molecular weight excluding hydrogens is 266 g/mol. The molecule has 0 bridgehead atoms. The average Bonchev–Trinajstić information content (AvgIpc) is 3.17. The molecule has 0 aliphatic heterocycles. The minimum atomic E-state index is 0.309. The van der Waals surface area contributed by atoms with Gasteiger partial charge >= 0.3 is 0 Å². The third kappa shape index (κ3) is 3.66. The molecule has 1 aliphatic rings. The zero-order valence-corrected chi connectivity index (χ0v) is 12.5. The molecular formula is C14H23N7. The van der Waals surface area contributed by atoms with Gasteiger partial charge in [-0.25, -0.2) is 4.98 Å². The van der Waals surface area contributed by atoms with Gasteiger partial charge in [-0.05, 0) is 19.8 Å². The van der Waals surface area contributed by atoms with Crippen molar-refractivity contribution in [2.45, 2.75) is 64.2 Å². The molecule has 1 aliphatic carbocycles. The van der Waals surface area contributed by atoms with Gasteiger partial charge in [0, 0.05) is 12.1 Å². The van der Waals surface area contributed by atoms with Crippen LogP contribution >= 0.6 is 0 Å². The van der Waals surface area contributed by atoms with Gasteiger partial charge in [0.1, 0.15) is 24.8 Å². The molecule has 2 heterocycles. The van der Waals surface area contributed by atoms with Crippen molar-refractivity contribution in [1.29, 1.82) is 0 Å². The largest absolute Gasteiger partial charge is 0.313 e. The Kier molecular flexibility index (Phi) is 4.59. The number of nitrogens with one attached hydrogen (secondary N) is 1. The second-order valence-corrected chi connectivity index (χ2v) is 5.85. The summed E-state index contributed by atoms with van der Waals surface area (Å²) in [7, 11) is 0. The third-order valence-corrected chi connectivity index (χ3v) is 4.15. The molecule has 0 spiro atoms. The molecule has 0 amide bonds. The Bertz CT molecular complexity index is 527. The standard InChI is InChI=1S/C14H23N7/c1-12(8-20-10-15-9-18-20)16-7-14-19-17-11-21(14)13-5-3-2-4-6-13/h9-13,16H,2-8H2,1H3/t12-/m0/s1. The molecule has 1 saturated carbocycles. The monoisotopic (exact) mass is 289 g/mol. The van der Waals surface area contributed by atoms with Crippen LogP contribution < -0.4 is 5.32 Å². The molecule has 7 nitrogen and oxygen atoms in total. The van der Waals surface area contributed by atoms with E-state index < -0.39 is 0 Å². The highest BCUT2D eigenvalue weighted by Crippen LogP contribution is 2.28. The molecule has 114 valence electrons. The highest BCUT2D eigenvalue weighted by molar-refractivity contribution is 4.90. The normalized spacial score (nSPS) is 18.0. The average molecular weight is 289 g/mol. The maximum atomic E-state index is 4.28. The molecule has 2 aromatic heterocycles. The van der Waals surface area contributed by atoms with E-state index in [4.69, 9.17) is 0 Å². The van der Waals surface area contributed by atoms with Gasteiger partial charge in [0.05, 0.1) is 13.1 Å². The van der Waals surface area contributed by atoms with Gasteiger partial charge in [0.15, 0.2) is 0 Å². The number of hydrogen-bond donors (Lipinski definition) is 1. The summed E-state index contributed by atoms with van der Waals surface area (Å²) in [5, 5.41) is 16.0. The van der Waals surface area contributed by atoms with E-state index in [2.05, 4.69) is 37.1 Å². The minimum absolute atomic E-state index is 0.309. The Morgan fingerprint density at radius 1 is 1.29 bits per heavy atom. The predicted molar refractivity (Wildman–Crippen MR) is 78.5 cm³/mol. The van der Waals surface area contributed by atoms with Crippen LogP contribution in [-0.2, 0) is 13.1 Å². The summed E-state index contributed by atoms with van der Waals surface area (Å²) in [6.07, 6.45) is 11.7. The van der Waals surface area contributed by atoms with Crippen LogP contribution in [0.1, 0.15) is 50.9 Å². The highest BCUT2D eigenvalue weighted by Gasteiger charge is 2.18. The summed E-state index contributed by atoms with van der Waals surface area (Å²) < 4.78 is 4.10. The lowest BCUT2D eigenvalue weighted by molar-refractivity contribution is 0.339. The van der Waals surface area contributed by atoms with Crippen LogP contribution in [0.5, 0.6) is 0 Å². The maximum absolute atomic E-state index is 4.28. The van der Waals surface area contributed by atoms with Crippen LogP contribution in [-0.4, -0.2) is 35.6 Å². The van der Waals surface area contributed by atoms with Crippen molar-refractivity contribution in [2.24, 2.45) is 0 Å². The van der Waals surface area contributed by atoms with Gasteiger partial charge in [-0.2, -0.15) is 5.10 Å². The van der Waals surface area contributed by atoms with Crippen LogP contribution in [0.4, 0.5) is 0 Å². The molecule has 7 heteroatoms. The van der Waals surface area contributed by atoms with E-state index >= 15 is 0 Å². The molecule has 0 radical (unpaired) electrons. The molecule has 0 aromatic carbocycles. The Morgan fingerprint density at radius 2 is 2.14 bits per heavy atom. The number of nitrogens with zero attached hydrogens (tertiary/aromatic N) is 6. The summed E-state index contributed by atoms with van der Waals surface area (Å²) in [4.78, 5) is 3.96. The van der Waals surface area contributed by atoms with Crippen molar-refractivity contribution < 1.29 is 0 Å². The lowest BCUT2D eigenvalue weighted by Gasteiger charge is -2.24. The van der Waals surface area contributed by atoms with E-state index in [0.717, 1.165) is 18.9 Å². The van der Waals surface area contributed by atoms with Crippen molar-refractivity contribution in [2.75, 3.05) is 0 Å². The number of rotatable bonds is 6. The lowest BCUT2D eigenvalue weighted by Crippen LogP contribution is -2.31. The zero-order chi connectivity index (χ0) is 14.5. The topological polar surface area (TPSA) is 73.5 Å². The summed E-state index contributed by atoms with van der Waals surface area (Å²) >= 11 is 0. The van der Waals surface area contributed by atoms with Crippen molar-refractivity contribution in [1.82, 2.24) is 34.8 Å². The number of aromatic nitrogens is 6. The van der Waals surface area contributed by atoms with Crippen molar-refractivity contribution in [3.05, 3.63) is 24.8 Å². The van der Waals surface area contributed by atoms with Crippen LogP contribution in [0.25, 0.3) is 0 Å². The Balaban J connectivity index is 1.54. The van der Waals surface area contributed by atoms with Gasteiger partial charge < -0.3 is 9.88 Å². The lowest BCUT2D eigenvalue weighted by atomic mass is 9.95. The molecule has 0 unspecified atom stereocenters. The van der Waals surface area contributed by atoms with Gasteiger partial charge in [-0.3, -0.25) is 4.68 Å². The van der Waals surface area contributed by atoms with Crippen LogP contribution in [0, 0.1) is 0 Å². The van der Waals surface area contributed by atoms with E-state index in [1.165, 1.54) is 32.1 Å². The van der Waals surface area contributed by atoms with Gasteiger partial charge in [0.25, 0.3) is 0 Å². The SMILES string of the molecule is C[C@@H](Cn1cncn1)NCc1nncn1C1CCCCC1. The fourth-order valence-electron chi connectivity index (χ4n) is 2.99. The Labute approximate surface area is 124 Å². The molecule has 0 saturated heterocycles. The Hall–Kier alpha value is -1.76. The molecule has 21 heavy (non-hydrogen) atoms. The van der Waals surface area contributed by atoms with Gasteiger partial charge in [0.2, 0.25) is 0 Å². The first kappa shape index (κ1) is 14.2. The molecule has 1 fully saturated rings. The fourth-order valence-corrected chi connectivity index (χ4v) is 2.99. The fraction of sp³-hybridized carbons (Fsp3) is 0.714. The smallest absolute Gasteiger partial charge is 0.147 e. The van der Waals surface area contributed by atoms with Crippen molar-refractivity contribution in [3.8, 4) is 0 Å². The van der Waals surface area contributed by atoms with Crippen LogP contribution in [0.15, 0.2) is 19.0 Å².